The lowest BCUT2D eigenvalue weighted by Gasteiger charge is -2.16. The van der Waals surface area contributed by atoms with Gasteiger partial charge < -0.3 is 14.6 Å². The summed E-state index contributed by atoms with van der Waals surface area (Å²) in [6.07, 6.45) is 1.90. The zero-order valence-corrected chi connectivity index (χ0v) is 17.3. The second-order valence-corrected chi connectivity index (χ2v) is 7.01. The van der Waals surface area contributed by atoms with Crippen LogP contribution in [0.4, 0.5) is 0 Å². The summed E-state index contributed by atoms with van der Waals surface area (Å²) < 4.78 is 12.1. The van der Waals surface area contributed by atoms with Crippen LogP contribution in [0.25, 0.3) is 0 Å². The topological polar surface area (TPSA) is 55.8 Å². The highest BCUT2D eigenvalue weighted by Gasteiger charge is 2.17. The molecule has 0 saturated heterocycles. The summed E-state index contributed by atoms with van der Waals surface area (Å²) in [5.41, 5.74) is 3.37. The average molecular weight is 402 g/mol. The van der Waals surface area contributed by atoms with E-state index in [1.807, 2.05) is 67.6 Å². The fraction of sp³-hybridized carbons (Fsp3) is 0.192. The van der Waals surface area contributed by atoms with E-state index in [0.717, 1.165) is 16.7 Å². The first-order valence-electron chi connectivity index (χ1n) is 9.98. The minimum absolute atomic E-state index is 0.0449. The van der Waals surface area contributed by atoms with E-state index in [9.17, 15) is 9.90 Å². The Kier molecular flexibility index (Phi) is 7.28. The molecule has 3 rings (SSSR count). The Morgan fingerprint density at radius 2 is 1.40 bits per heavy atom. The number of allylic oxidation sites excluding steroid dienone is 2. The highest BCUT2D eigenvalue weighted by atomic mass is 16.5. The Labute approximate surface area is 177 Å². The summed E-state index contributed by atoms with van der Waals surface area (Å²) in [6.45, 7) is 4.23. The van der Waals surface area contributed by atoms with Gasteiger partial charge in [0.25, 0.3) is 0 Å². The molecule has 0 aliphatic heterocycles. The van der Waals surface area contributed by atoms with Gasteiger partial charge in [0.1, 0.15) is 24.7 Å². The summed E-state index contributed by atoms with van der Waals surface area (Å²) in [7, 11) is 0. The van der Waals surface area contributed by atoms with Crippen LogP contribution >= 0.6 is 0 Å². The van der Waals surface area contributed by atoms with E-state index in [-0.39, 0.29) is 11.5 Å². The molecule has 154 valence electrons. The van der Waals surface area contributed by atoms with Crippen molar-refractivity contribution in [1.82, 2.24) is 0 Å². The minimum Gasteiger partial charge on any atom is -0.512 e. The molecule has 0 amide bonds. The molecule has 0 atom stereocenters. The third kappa shape index (κ3) is 5.74. The number of carbonyl (C=O) groups excluding carboxylic acids is 1. The fourth-order valence-electron chi connectivity index (χ4n) is 3.07. The van der Waals surface area contributed by atoms with Crippen molar-refractivity contribution in [2.24, 2.45) is 0 Å². The number of aliphatic hydroxyl groups is 1. The predicted molar refractivity (Wildman–Crippen MR) is 118 cm³/mol. The maximum absolute atomic E-state index is 12.7. The van der Waals surface area contributed by atoms with Crippen molar-refractivity contribution in [3.8, 4) is 11.5 Å². The van der Waals surface area contributed by atoms with Crippen molar-refractivity contribution in [3.63, 3.8) is 0 Å². The van der Waals surface area contributed by atoms with Crippen LogP contribution in [0.15, 0.2) is 84.6 Å². The minimum atomic E-state index is -0.303. The number of ketones is 1. The second kappa shape index (κ2) is 10.3. The fourth-order valence-corrected chi connectivity index (χ4v) is 3.07. The van der Waals surface area contributed by atoms with Gasteiger partial charge in [-0.2, -0.15) is 0 Å². The van der Waals surface area contributed by atoms with Gasteiger partial charge in [0, 0.05) is 12.1 Å². The Balaban J connectivity index is 1.92. The predicted octanol–water partition coefficient (Wildman–Crippen LogP) is 6.05. The van der Waals surface area contributed by atoms with Crippen LogP contribution in [-0.4, -0.2) is 10.9 Å². The number of hydrogen-bond donors (Lipinski definition) is 1. The van der Waals surface area contributed by atoms with Gasteiger partial charge in [-0.05, 0) is 36.1 Å². The number of ether oxygens (including phenoxy) is 2. The summed E-state index contributed by atoms with van der Waals surface area (Å²) in [4.78, 5) is 12.7. The van der Waals surface area contributed by atoms with Crippen LogP contribution in [0.5, 0.6) is 11.5 Å². The maximum Gasteiger partial charge on any atom is 0.192 e. The normalized spacial score (nSPS) is 11.2. The molecule has 0 spiro atoms. The molecule has 0 aromatic heterocycles. The lowest BCUT2D eigenvalue weighted by molar-refractivity contribution is 0.103. The van der Waals surface area contributed by atoms with E-state index in [1.165, 1.54) is 13.0 Å². The highest BCUT2D eigenvalue weighted by molar-refractivity contribution is 6.07. The Morgan fingerprint density at radius 3 is 1.90 bits per heavy atom. The SMILES string of the molecule is CCc1cc(C(=O)C=C(C)O)c(OCc2ccccc2)cc1OCc1ccccc1. The van der Waals surface area contributed by atoms with Crippen molar-refractivity contribution in [3.05, 3.63) is 107 Å². The first-order valence-corrected chi connectivity index (χ1v) is 9.98. The quantitative estimate of drug-likeness (QED) is 0.269. The van der Waals surface area contributed by atoms with Crippen LogP contribution in [-0.2, 0) is 19.6 Å². The number of rotatable bonds is 9. The first-order chi connectivity index (χ1) is 14.6. The number of carbonyl (C=O) groups is 1. The van der Waals surface area contributed by atoms with Crippen molar-refractivity contribution in [2.75, 3.05) is 0 Å². The Hall–Kier alpha value is -3.53. The van der Waals surface area contributed by atoms with E-state index in [1.54, 1.807) is 12.1 Å². The molecule has 0 heterocycles. The number of aliphatic hydroxyl groups excluding tert-OH is 1. The van der Waals surface area contributed by atoms with Gasteiger partial charge in [0.05, 0.1) is 11.3 Å². The standard InChI is InChI=1S/C26H26O4/c1-3-22-15-23(24(28)14-19(2)27)26(30-18-21-12-8-5-9-13-21)16-25(22)29-17-20-10-6-4-7-11-20/h4-16,27H,3,17-18H2,1-2H3. The maximum atomic E-state index is 12.7. The zero-order valence-electron chi connectivity index (χ0n) is 17.3. The molecule has 0 fully saturated rings. The lowest BCUT2D eigenvalue weighted by atomic mass is 10.0. The van der Waals surface area contributed by atoms with Gasteiger partial charge in [-0.1, -0.05) is 67.6 Å². The third-order valence-corrected chi connectivity index (χ3v) is 4.62. The zero-order chi connectivity index (χ0) is 21.3. The molecule has 3 aromatic rings. The summed E-state index contributed by atoms with van der Waals surface area (Å²) in [6, 6.07) is 23.2. The molecule has 30 heavy (non-hydrogen) atoms. The van der Waals surface area contributed by atoms with Gasteiger partial charge >= 0.3 is 0 Å². The van der Waals surface area contributed by atoms with Crippen LogP contribution in [0.3, 0.4) is 0 Å². The Bertz CT molecular complexity index is 1000. The van der Waals surface area contributed by atoms with Crippen LogP contribution in [0.2, 0.25) is 0 Å². The number of hydrogen-bond acceptors (Lipinski definition) is 4. The van der Waals surface area contributed by atoms with Crippen molar-refractivity contribution in [1.29, 1.82) is 0 Å². The van der Waals surface area contributed by atoms with Gasteiger partial charge in [0.2, 0.25) is 0 Å². The van der Waals surface area contributed by atoms with Gasteiger partial charge in [-0.25, -0.2) is 0 Å². The monoisotopic (exact) mass is 402 g/mol. The summed E-state index contributed by atoms with van der Waals surface area (Å²) in [5, 5.41) is 9.55. The van der Waals surface area contributed by atoms with Gasteiger partial charge in [-0.3, -0.25) is 4.79 Å². The van der Waals surface area contributed by atoms with Crippen molar-refractivity contribution >= 4 is 5.78 Å². The Morgan fingerprint density at radius 1 is 0.867 bits per heavy atom. The van der Waals surface area contributed by atoms with Crippen LogP contribution < -0.4 is 9.47 Å². The molecule has 0 aliphatic carbocycles. The van der Waals surface area contributed by atoms with E-state index >= 15 is 0 Å². The lowest BCUT2D eigenvalue weighted by Crippen LogP contribution is -2.06. The van der Waals surface area contributed by atoms with E-state index < -0.39 is 0 Å². The van der Waals surface area contributed by atoms with Gasteiger partial charge in [0.15, 0.2) is 5.78 Å². The van der Waals surface area contributed by atoms with E-state index in [4.69, 9.17) is 9.47 Å². The van der Waals surface area contributed by atoms with E-state index in [0.29, 0.717) is 36.7 Å². The largest absolute Gasteiger partial charge is 0.512 e. The first kappa shape index (κ1) is 21.2. The molecule has 0 radical (unpaired) electrons. The third-order valence-electron chi connectivity index (χ3n) is 4.62. The van der Waals surface area contributed by atoms with Crippen LogP contribution in [0, 0.1) is 0 Å². The highest BCUT2D eigenvalue weighted by Crippen LogP contribution is 2.32. The molecule has 0 bridgehead atoms. The smallest absolute Gasteiger partial charge is 0.192 e. The molecular formula is C26H26O4. The molecule has 4 nitrogen and oxygen atoms in total. The van der Waals surface area contributed by atoms with E-state index in [2.05, 4.69) is 0 Å². The second-order valence-electron chi connectivity index (χ2n) is 7.01. The average Bonchev–Trinajstić information content (AvgIpc) is 2.77. The molecule has 0 saturated carbocycles. The van der Waals surface area contributed by atoms with Crippen molar-refractivity contribution < 1.29 is 19.4 Å². The molecule has 0 unspecified atom stereocenters. The van der Waals surface area contributed by atoms with Crippen LogP contribution in [0.1, 0.15) is 40.9 Å². The number of benzene rings is 3. The number of aryl methyl sites for hydroxylation is 1. The summed E-state index contributed by atoms with van der Waals surface area (Å²) in [5.74, 6) is 0.770. The molecular weight excluding hydrogens is 376 g/mol. The van der Waals surface area contributed by atoms with Gasteiger partial charge in [-0.15, -0.1) is 0 Å². The van der Waals surface area contributed by atoms with Crippen molar-refractivity contribution in [2.45, 2.75) is 33.5 Å². The molecule has 1 N–H and O–H groups in total. The molecule has 3 aromatic carbocycles. The molecule has 4 heteroatoms. The summed E-state index contributed by atoms with van der Waals surface area (Å²) >= 11 is 0. The molecule has 0 aliphatic rings.